The Kier molecular flexibility index (Phi) is 11.4. The summed E-state index contributed by atoms with van der Waals surface area (Å²) in [4.78, 5) is 11.0. The van der Waals surface area contributed by atoms with Gasteiger partial charge in [-0.25, -0.2) is 0 Å². The van der Waals surface area contributed by atoms with E-state index in [1.54, 1.807) is 0 Å². The normalized spacial score (nSPS) is 11.6. The van der Waals surface area contributed by atoms with Crippen molar-refractivity contribution < 1.29 is 27.7 Å². The zero-order chi connectivity index (χ0) is 15.6. The number of amides is 1. The van der Waals surface area contributed by atoms with Crippen molar-refractivity contribution in [1.82, 2.24) is 5.32 Å². The number of rotatable bonds is 11. The van der Waals surface area contributed by atoms with Crippen LogP contribution in [0.25, 0.3) is 0 Å². The minimum atomic E-state index is -3.82. The molecule has 0 radical (unpaired) electrons. The molecule has 0 saturated heterocycles. The van der Waals surface area contributed by atoms with Gasteiger partial charge in [0, 0.05) is 13.0 Å². The third kappa shape index (κ3) is 15.3. The van der Waals surface area contributed by atoms with E-state index in [0.717, 1.165) is 36.8 Å². The maximum Gasteiger partial charge on any atom is 0.264 e. The van der Waals surface area contributed by atoms with Crippen LogP contribution < -0.4 is 5.32 Å². The molecule has 0 bridgehead atoms. The number of quaternary nitrogens is 1. The number of carbonyl (C=O) groups is 1. The predicted octanol–water partition coefficient (Wildman–Crippen LogP) is 0.636. The summed E-state index contributed by atoms with van der Waals surface area (Å²) in [6.45, 7) is 5.91. The van der Waals surface area contributed by atoms with Gasteiger partial charge in [0.1, 0.15) is 0 Å². The Hall–Kier alpha value is -0.960. The number of hydrogen-bond donors (Lipinski definition) is 2. The van der Waals surface area contributed by atoms with Crippen molar-refractivity contribution in [3.05, 3.63) is 12.7 Å². The molecule has 7 nitrogen and oxygen atoms in total. The second-order valence-corrected chi connectivity index (χ2v) is 7.15. The minimum Gasteiger partial charge on any atom is -0.870 e. The molecule has 0 aliphatic carbocycles. The van der Waals surface area contributed by atoms with E-state index in [1.165, 1.54) is 6.08 Å². The Morgan fingerprint density at radius 2 is 1.76 bits per heavy atom. The Balaban J connectivity index is 0. The lowest BCUT2D eigenvalue weighted by Gasteiger charge is -2.29. The number of carbonyl (C=O) groups excluding carboxylic acids is 1. The van der Waals surface area contributed by atoms with Gasteiger partial charge in [-0.1, -0.05) is 6.58 Å². The molecule has 3 N–H and O–H groups in total. The highest BCUT2D eigenvalue weighted by atomic mass is 32.2. The first kappa shape index (κ1) is 22.3. The lowest BCUT2D eigenvalue weighted by atomic mass is 10.2. The van der Waals surface area contributed by atoms with E-state index in [9.17, 15) is 13.2 Å². The third-order valence-corrected chi connectivity index (χ3v) is 3.90. The van der Waals surface area contributed by atoms with Crippen LogP contribution in [0.4, 0.5) is 0 Å². The number of nitrogens with one attached hydrogen (secondary N) is 1. The minimum absolute atomic E-state index is 0. The highest BCUT2D eigenvalue weighted by Crippen LogP contribution is 2.05. The van der Waals surface area contributed by atoms with Crippen LogP contribution in [0, 0.1) is 0 Å². The van der Waals surface area contributed by atoms with Gasteiger partial charge < -0.3 is 15.3 Å². The first-order valence-corrected chi connectivity index (χ1v) is 8.45. The monoisotopic (exact) mass is 324 g/mol. The molecule has 0 unspecified atom stereocenters. The van der Waals surface area contributed by atoms with Crippen LogP contribution in [-0.2, 0) is 14.9 Å². The van der Waals surface area contributed by atoms with Gasteiger partial charge in [0.15, 0.2) is 0 Å². The molecule has 0 aromatic heterocycles. The van der Waals surface area contributed by atoms with Crippen LogP contribution in [0.3, 0.4) is 0 Å². The molecule has 8 heteroatoms. The standard InChI is InChI=1S/C13H26N2O4S.H2O/c1-4-13(16)14-9-8-11-15(2,3)10-6-5-7-12-20(17,18)19;/h4H,1,5-12H2,2-3H3,(H-,14,16,17,18,19);1H2. The first-order valence-electron chi connectivity index (χ1n) is 6.84. The molecule has 0 atom stereocenters. The van der Waals surface area contributed by atoms with Crippen LogP contribution in [0.15, 0.2) is 12.7 Å². The molecule has 0 aromatic carbocycles. The molecule has 0 rings (SSSR count). The highest BCUT2D eigenvalue weighted by Gasteiger charge is 2.14. The van der Waals surface area contributed by atoms with Crippen molar-refractivity contribution in [2.45, 2.75) is 25.7 Å². The van der Waals surface area contributed by atoms with Gasteiger partial charge in [0.25, 0.3) is 10.1 Å². The lowest BCUT2D eigenvalue weighted by molar-refractivity contribution is -0.890. The molecule has 0 aliphatic rings. The van der Waals surface area contributed by atoms with Crippen molar-refractivity contribution in [3.63, 3.8) is 0 Å². The van der Waals surface area contributed by atoms with Gasteiger partial charge in [-0.15, -0.1) is 0 Å². The van der Waals surface area contributed by atoms with Gasteiger partial charge in [0.2, 0.25) is 5.91 Å². The fourth-order valence-electron chi connectivity index (χ4n) is 1.90. The Morgan fingerprint density at radius 1 is 1.19 bits per heavy atom. The van der Waals surface area contributed by atoms with Crippen molar-refractivity contribution in [1.29, 1.82) is 0 Å². The SMILES string of the molecule is C=CC(=O)NCCC[N+](C)(C)CCCCCS(=O)(=O)O.[OH-]. The van der Waals surface area contributed by atoms with Gasteiger partial charge in [-0.2, -0.15) is 8.42 Å². The quantitative estimate of drug-likeness (QED) is 0.250. The summed E-state index contributed by atoms with van der Waals surface area (Å²) in [5.41, 5.74) is 0. The smallest absolute Gasteiger partial charge is 0.264 e. The zero-order valence-electron chi connectivity index (χ0n) is 12.9. The molecule has 0 heterocycles. The molecule has 21 heavy (non-hydrogen) atoms. The predicted molar refractivity (Wildman–Crippen MR) is 81.9 cm³/mol. The molecule has 0 spiro atoms. The molecule has 1 amide bonds. The van der Waals surface area contributed by atoms with Crippen LogP contribution >= 0.6 is 0 Å². The number of nitrogens with zero attached hydrogens (tertiary/aromatic N) is 1. The summed E-state index contributed by atoms with van der Waals surface area (Å²) in [7, 11) is 0.397. The van der Waals surface area contributed by atoms with E-state index < -0.39 is 10.1 Å². The van der Waals surface area contributed by atoms with E-state index in [1.807, 2.05) is 0 Å². The van der Waals surface area contributed by atoms with Gasteiger partial charge in [-0.3, -0.25) is 9.35 Å². The average molecular weight is 324 g/mol. The Bertz CT molecular complexity index is 407. The van der Waals surface area contributed by atoms with E-state index in [4.69, 9.17) is 4.55 Å². The van der Waals surface area contributed by atoms with Gasteiger partial charge in [-0.05, 0) is 25.3 Å². The summed E-state index contributed by atoms with van der Waals surface area (Å²) in [6, 6.07) is 0. The Morgan fingerprint density at radius 3 is 2.29 bits per heavy atom. The Labute approximate surface area is 127 Å². The molecular weight excluding hydrogens is 296 g/mol. The fraction of sp³-hybridized carbons (Fsp3) is 0.769. The molecule has 0 saturated carbocycles. The van der Waals surface area contributed by atoms with Crippen molar-refractivity contribution in [2.24, 2.45) is 0 Å². The number of hydrogen-bond acceptors (Lipinski definition) is 4. The van der Waals surface area contributed by atoms with Crippen LogP contribution in [0.1, 0.15) is 25.7 Å². The van der Waals surface area contributed by atoms with Crippen LogP contribution in [0.5, 0.6) is 0 Å². The van der Waals surface area contributed by atoms with Gasteiger partial charge >= 0.3 is 0 Å². The van der Waals surface area contributed by atoms with Gasteiger partial charge in [0.05, 0.1) is 32.9 Å². The van der Waals surface area contributed by atoms with Crippen molar-refractivity contribution >= 4 is 16.0 Å². The van der Waals surface area contributed by atoms with E-state index >= 15 is 0 Å². The second-order valence-electron chi connectivity index (χ2n) is 5.58. The molecule has 0 aromatic rings. The lowest BCUT2D eigenvalue weighted by Crippen LogP contribution is -2.42. The largest absolute Gasteiger partial charge is 0.870 e. The van der Waals surface area contributed by atoms with E-state index in [0.29, 0.717) is 13.0 Å². The van der Waals surface area contributed by atoms with Crippen LogP contribution in [-0.4, -0.2) is 68.3 Å². The molecular formula is C13H28N2O5S. The highest BCUT2D eigenvalue weighted by molar-refractivity contribution is 7.85. The average Bonchev–Trinajstić information content (AvgIpc) is 2.32. The van der Waals surface area contributed by atoms with Crippen LogP contribution in [0.2, 0.25) is 0 Å². The van der Waals surface area contributed by atoms with E-state index in [-0.39, 0.29) is 17.1 Å². The molecule has 0 aliphatic heterocycles. The summed E-state index contributed by atoms with van der Waals surface area (Å²) in [5.74, 6) is -0.311. The first-order chi connectivity index (χ1) is 9.16. The van der Waals surface area contributed by atoms with Crippen molar-refractivity contribution in [3.8, 4) is 0 Å². The van der Waals surface area contributed by atoms with Crippen molar-refractivity contribution in [2.75, 3.05) is 39.5 Å². The molecule has 0 fully saturated rings. The molecule has 126 valence electrons. The third-order valence-electron chi connectivity index (χ3n) is 3.09. The topological polar surface area (TPSA) is 113 Å². The summed E-state index contributed by atoms with van der Waals surface area (Å²) in [6.07, 6.45) is 4.34. The maximum atomic E-state index is 11.0. The summed E-state index contributed by atoms with van der Waals surface area (Å²) < 4.78 is 30.6. The maximum absolute atomic E-state index is 11.0. The second kappa shape index (κ2) is 10.7. The number of unbranched alkanes of at least 4 members (excludes halogenated alkanes) is 2. The summed E-state index contributed by atoms with van der Waals surface area (Å²) >= 11 is 0. The zero-order valence-corrected chi connectivity index (χ0v) is 13.7. The van der Waals surface area contributed by atoms with E-state index in [2.05, 4.69) is 26.0 Å². The summed E-state index contributed by atoms with van der Waals surface area (Å²) in [5, 5.41) is 2.74. The fourth-order valence-corrected chi connectivity index (χ4v) is 2.47.